The van der Waals surface area contributed by atoms with Crippen LogP contribution in [0.1, 0.15) is 55.1 Å². The van der Waals surface area contributed by atoms with Crippen molar-refractivity contribution in [3.05, 3.63) is 82.1 Å². The van der Waals surface area contributed by atoms with Gasteiger partial charge in [0.15, 0.2) is 0 Å². The third-order valence-electron chi connectivity index (χ3n) is 8.26. The molecule has 1 aromatic carbocycles. The topological polar surface area (TPSA) is 60.4 Å². The van der Waals surface area contributed by atoms with Gasteiger partial charge in [-0.25, -0.2) is 9.18 Å². The smallest absolute Gasteiger partial charge is 0.320 e. The van der Waals surface area contributed by atoms with Crippen LogP contribution in [0.2, 0.25) is 0 Å². The number of rotatable bonds is 5. The first-order valence-electron chi connectivity index (χ1n) is 13.2. The highest BCUT2D eigenvalue weighted by atomic mass is 19.4. The van der Waals surface area contributed by atoms with E-state index in [1.807, 2.05) is 34.7 Å². The predicted octanol–water partition coefficient (Wildman–Crippen LogP) is 4.89. The van der Waals surface area contributed by atoms with Gasteiger partial charge >= 0.3 is 11.9 Å². The number of halogens is 4. The minimum absolute atomic E-state index is 0.204. The Morgan fingerprint density at radius 2 is 1.85 bits per heavy atom. The first-order valence-corrected chi connectivity index (χ1v) is 13.2. The Balaban J connectivity index is 1.43. The molecule has 4 heterocycles. The highest BCUT2D eigenvalue weighted by Crippen LogP contribution is 2.51. The number of aryl methyl sites for hydroxylation is 1. The van der Waals surface area contributed by atoms with E-state index in [1.165, 1.54) is 17.0 Å². The van der Waals surface area contributed by atoms with Crippen molar-refractivity contribution in [2.24, 2.45) is 13.0 Å². The normalized spacial score (nSPS) is 22.9. The summed E-state index contributed by atoms with van der Waals surface area (Å²) in [7, 11) is 1.89. The molecule has 0 amide bonds. The van der Waals surface area contributed by atoms with E-state index in [0.717, 1.165) is 34.7 Å². The van der Waals surface area contributed by atoms with Crippen LogP contribution in [-0.2, 0) is 25.2 Å². The molecular weight excluding hydrogens is 512 g/mol. The van der Waals surface area contributed by atoms with Gasteiger partial charge in [0, 0.05) is 39.1 Å². The van der Waals surface area contributed by atoms with E-state index in [9.17, 15) is 22.4 Å². The second-order valence-electron chi connectivity index (χ2n) is 11.2. The number of alkyl halides is 4. The lowest BCUT2D eigenvalue weighted by atomic mass is 9.58. The number of aromatic nitrogens is 5. The van der Waals surface area contributed by atoms with Gasteiger partial charge in [-0.15, -0.1) is 10.2 Å². The van der Waals surface area contributed by atoms with E-state index >= 15 is 0 Å². The molecule has 1 saturated carbocycles. The van der Waals surface area contributed by atoms with Gasteiger partial charge in [0.25, 0.3) is 0 Å². The Labute approximate surface area is 222 Å². The molecular formula is C28H30F4N6O. The third kappa shape index (κ3) is 4.46. The van der Waals surface area contributed by atoms with Crippen LogP contribution in [0.25, 0.3) is 11.2 Å². The van der Waals surface area contributed by atoms with Gasteiger partial charge in [0.1, 0.15) is 18.3 Å². The fraction of sp³-hybridized carbons (Fsp3) is 0.464. The fourth-order valence-electron chi connectivity index (χ4n) is 6.41. The van der Waals surface area contributed by atoms with Crippen molar-refractivity contribution < 1.29 is 17.6 Å². The van der Waals surface area contributed by atoms with E-state index in [2.05, 4.69) is 17.1 Å². The summed E-state index contributed by atoms with van der Waals surface area (Å²) in [6.45, 7) is 3.32. The number of nitrogens with zero attached hydrogens (tertiary/aromatic N) is 6. The van der Waals surface area contributed by atoms with Gasteiger partial charge in [-0.05, 0) is 60.9 Å². The quantitative estimate of drug-likeness (QED) is 0.337. The van der Waals surface area contributed by atoms with Crippen LogP contribution in [-0.4, -0.2) is 47.9 Å². The summed E-state index contributed by atoms with van der Waals surface area (Å²) in [5.41, 5.74) is -0.218. The lowest BCUT2D eigenvalue weighted by Gasteiger charge is -2.46. The maximum atomic E-state index is 14.2. The number of hydrogen-bond acceptors (Lipinski definition) is 4. The molecule has 6 rings (SSSR count). The molecule has 0 atom stereocenters. The summed E-state index contributed by atoms with van der Waals surface area (Å²) < 4.78 is 60.3. The van der Waals surface area contributed by atoms with Crippen LogP contribution in [0.15, 0.2) is 53.8 Å². The summed E-state index contributed by atoms with van der Waals surface area (Å²) in [6, 6.07) is 8.51. The van der Waals surface area contributed by atoms with E-state index in [1.54, 1.807) is 12.4 Å². The number of piperidine rings is 1. The standard InChI is InChI=1S/C28H30F4N6O/c1-18-12-27(13-18,25-34-33-17-35(25)2)20-4-3-5-22(11-20)37-16-24-23(28(30,31)32)10-19(15-38(24)26(37)39)14-36-8-6-21(29)7-9-36/h3-5,10-11,15-18,21H,6-9,12-14H2,1-2H3. The van der Waals surface area contributed by atoms with Crippen molar-refractivity contribution in [3.63, 3.8) is 0 Å². The molecule has 0 spiro atoms. The van der Waals surface area contributed by atoms with Gasteiger partial charge in [-0.2, -0.15) is 13.2 Å². The lowest BCUT2D eigenvalue weighted by Crippen LogP contribution is -2.43. The van der Waals surface area contributed by atoms with Gasteiger partial charge in [-0.1, -0.05) is 19.1 Å². The second-order valence-corrected chi connectivity index (χ2v) is 11.2. The van der Waals surface area contributed by atoms with Gasteiger partial charge in [0.2, 0.25) is 0 Å². The van der Waals surface area contributed by atoms with Crippen LogP contribution in [0.5, 0.6) is 0 Å². The van der Waals surface area contributed by atoms with Crippen molar-refractivity contribution in [1.29, 1.82) is 0 Å². The summed E-state index contributed by atoms with van der Waals surface area (Å²) in [5, 5.41) is 8.42. The van der Waals surface area contributed by atoms with Crippen molar-refractivity contribution in [2.45, 2.75) is 56.9 Å². The lowest BCUT2D eigenvalue weighted by molar-refractivity contribution is -0.136. The molecule has 11 heteroatoms. The Hall–Kier alpha value is -3.47. The van der Waals surface area contributed by atoms with Crippen LogP contribution in [0, 0.1) is 5.92 Å². The predicted molar refractivity (Wildman–Crippen MR) is 138 cm³/mol. The number of imidazole rings is 1. The first kappa shape index (κ1) is 25.8. The van der Waals surface area contributed by atoms with E-state index in [4.69, 9.17) is 0 Å². The zero-order chi connectivity index (χ0) is 27.5. The molecule has 1 aliphatic carbocycles. The average molecular weight is 543 g/mol. The number of likely N-dealkylation sites (tertiary alicyclic amines) is 1. The van der Waals surface area contributed by atoms with E-state index < -0.39 is 23.6 Å². The molecule has 2 fully saturated rings. The van der Waals surface area contributed by atoms with Crippen LogP contribution in [0.3, 0.4) is 0 Å². The second kappa shape index (κ2) is 9.32. The number of pyridine rings is 1. The molecule has 3 aromatic heterocycles. The summed E-state index contributed by atoms with van der Waals surface area (Å²) in [6.07, 6.45) is 1.30. The van der Waals surface area contributed by atoms with Crippen molar-refractivity contribution in [2.75, 3.05) is 13.1 Å². The summed E-state index contributed by atoms with van der Waals surface area (Å²) in [5.74, 6) is 1.31. The van der Waals surface area contributed by atoms with E-state index in [0.29, 0.717) is 43.1 Å². The maximum absolute atomic E-state index is 14.2. The first-order chi connectivity index (χ1) is 18.5. The highest BCUT2D eigenvalue weighted by molar-refractivity contribution is 5.58. The van der Waals surface area contributed by atoms with E-state index in [-0.39, 0.29) is 17.5 Å². The highest BCUT2D eigenvalue weighted by Gasteiger charge is 2.48. The van der Waals surface area contributed by atoms with Crippen LogP contribution in [0.4, 0.5) is 17.6 Å². The molecule has 4 aromatic rings. The molecule has 1 aliphatic heterocycles. The summed E-state index contributed by atoms with van der Waals surface area (Å²) >= 11 is 0. The minimum Gasteiger partial charge on any atom is -0.320 e. The largest absolute Gasteiger partial charge is 0.418 e. The molecule has 7 nitrogen and oxygen atoms in total. The third-order valence-corrected chi connectivity index (χ3v) is 8.26. The SMILES string of the molecule is CC1CC(c2cccc(-n3cc4c(C(F)(F)F)cc(CN5CCC(F)CC5)cn4c3=O)c2)(c2nncn2C)C1. The summed E-state index contributed by atoms with van der Waals surface area (Å²) in [4.78, 5) is 15.5. The molecule has 0 radical (unpaired) electrons. The Kier molecular flexibility index (Phi) is 6.16. The van der Waals surface area contributed by atoms with Crippen molar-refractivity contribution in [3.8, 4) is 5.69 Å². The Bertz CT molecular complexity index is 1570. The zero-order valence-electron chi connectivity index (χ0n) is 21.8. The number of benzene rings is 1. The molecule has 206 valence electrons. The fourth-order valence-corrected chi connectivity index (χ4v) is 6.41. The molecule has 39 heavy (non-hydrogen) atoms. The Morgan fingerprint density at radius 1 is 1.10 bits per heavy atom. The molecule has 0 unspecified atom stereocenters. The molecule has 0 bridgehead atoms. The van der Waals surface area contributed by atoms with Gasteiger partial charge in [0.05, 0.1) is 22.2 Å². The van der Waals surface area contributed by atoms with Crippen molar-refractivity contribution >= 4 is 5.52 Å². The minimum atomic E-state index is -4.65. The van der Waals surface area contributed by atoms with Gasteiger partial charge < -0.3 is 4.57 Å². The molecule has 1 saturated heterocycles. The van der Waals surface area contributed by atoms with Crippen LogP contribution < -0.4 is 5.69 Å². The Morgan fingerprint density at radius 3 is 2.49 bits per heavy atom. The van der Waals surface area contributed by atoms with Crippen LogP contribution >= 0.6 is 0 Å². The average Bonchev–Trinajstić information content (AvgIpc) is 3.45. The molecule has 0 N–H and O–H groups in total. The zero-order valence-corrected chi connectivity index (χ0v) is 21.8. The molecule has 2 aliphatic rings. The monoisotopic (exact) mass is 542 g/mol. The van der Waals surface area contributed by atoms with Gasteiger partial charge in [-0.3, -0.25) is 13.9 Å². The number of fused-ring (bicyclic) bond motifs is 1. The van der Waals surface area contributed by atoms with Crippen molar-refractivity contribution in [1.82, 2.24) is 28.6 Å². The maximum Gasteiger partial charge on any atom is 0.418 e. The number of hydrogen-bond donors (Lipinski definition) is 0.